The summed E-state index contributed by atoms with van der Waals surface area (Å²) in [5.74, 6) is 0.858. The van der Waals surface area contributed by atoms with E-state index < -0.39 is 0 Å². The summed E-state index contributed by atoms with van der Waals surface area (Å²) < 4.78 is 5.46. The molecular weight excluding hydrogens is 202 g/mol. The third-order valence-electron chi connectivity index (χ3n) is 4.42. The minimum Gasteiger partial charge on any atom is -0.368 e. The van der Waals surface area contributed by atoms with Crippen LogP contribution in [-0.4, -0.2) is 36.6 Å². The number of ether oxygens (including phenoxy) is 1. The second-order valence-corrected chi connectivity index (χ2v) is 5.82. The number of hydrogen-bond donors (Lipinski definition) is 0. The molecule has 0 aromatic rings. The highest BCUT2D eigenvalue weighted by Gasteiger charge is 2.40. The Labute approximate surface area is 98.1 Å². The molecule has 0 bridgehead atoms. The quantitative estimate of drug-likeness (QED) is 0.720. The molecule has 0 radical (unpaired) electrons. The fourth-order valence-corrected chi connectivity index (χ4v) is 2.62. The van der Waals surface area contributed by atoms with Crippen LogP contribution in [0.15, 0.2) is 0 Å². The fourth-order valence-electron chi connectivity index (χ4n) is 2.62. The summed E-state index contributed by atoms with van der Waals surface area (Å²) in [4.78, 5) is 14.2. The Bertz CT molecular complexity index is 271. The van der Waals surface area contributed by atoms with Crippen molar-refractivity contribution in [1.29, 1.82) is 0 Å². The van der Waals surface area contributed by atoms with Gasteiger partial charge in [-0.25, -0.2) is 0 Å². The van der Waals surface area contributed by atoms with E-state index in [9.17, 15) is 4.79 Å². The van der Waals surface area contributed by atoms with Crippen molar-refractivity contribution in [1.82, 2.24) is 4.90 Å². The van der Waals surface area contributed by atoms with Crippen molar-refractivity contribution < 1.29 is 9.53 Å². The second kappa shape index (κ2) is 4.36. The zero-order chi connectivity index (χ0) is 11.8. The maximum Gasteiger partial charge on any atom is 0.251 e. The lowest BCUT2D eigenvalue weighted by Crippen LogP contribution is -2.39. The van der Waals surface area contributed by atoms with E-state index in [0.29, 0.717) is 11.3 Å². The molecule has 2 heterocycles. The molecule has 0 saturated carbocycles. The average molecular weight is 225 g/mol. The van der Waals surface area contributed by atoms with Crippen LogP contribution in [0.2, 0.25) is 0 Å². The van der Waals surface area contributed by atoms with Gasteiger partial charge in [0.2, 0.25) is 0 Å². The van der Waals surface area contributed by atoms with Crippen molar-refractivity contribution in [2.75, 3.05) is 19.7 Å². The van der Waals surface area contributed by atoms with Crippen LogP contribution in [0, 0.1) is 11.3 Å². The van der Waals surface area contributed by atoms with Gasteiger partial charge in [-0.1, -0.05) is 20.8 Å². The van der Waals surface area contributed by atoms with E-state index in [1.165, 1.54) is 0 Å². The number of amides is 1. The molecule has 1 amide bonds. The summed E-state index contributed by atoms with van der Waals surface area (Å²) in [6.07, 6.45) is 2.93. The van der Waals surface area contributed by atoms with Gasteiger partial charge in [0.05, 0.1) is 0 Å². The summed E-state index contributed by atoms with van der Waals surface area (Å²) in [6.45, 7) is 9.36. The molecule has 92 valence electrons. The normalized spacial score (nSPS) is 35.0. The summed E-state index contributed by atoms with van der Waals surface area (Å²) in [6, 6.07) is 0. The molecule has 0 aliphatic carbocycles. The Morgan fingerprint density at radius 1 is 1.50 bits per heavy atom. The summed E-state index contributed by atoms with van der Waals surface area (Å²) in [7, 11) is 0. The van der Waals surface area contributed by atoms with E-state index >= 15 is 0 Å². The van der Waals surface area contributed by atoms with Gasteiger partial charge in [-0.3, -0.25) is 4.79 Å². The van der Waals surface area contributed by atoms with Crippen LogP contribution in [-0.2, 0) is 9.53 Å². The van der Waals surface area contributed by atoms with E-state index in [0.717, 1.165) is 39.0 Å². The first-order valence-electron chi connectivity index (χ1n) is 6.43. The molecule has 2 aliphatic heterocycles. The van der Waals surface area contributed by atoms with E-state index in [1.54, 1.807) is 0 Å². The van der Waals surface area contributed by atoms with Crippen LogP contribution in [0.3, 0.4) is 0 Å². The molecule has 3 heteroatoms. The highest BCUT2D eigenvalue weighted by molar-refractivity contribution is 5.81. The van der Waals surface area contributed by atoms with Gasteiger partial charge in [0.15, 0.2) is 0 Å². The van der Waals surface area contributed by atoms with Gasteiger partial charge in [-0.15, -0.1) is 0 Å². The number of rotatable bonds is 2. The van der Waals surface area contributed by atoms with Crippen LogP contribution in [0.4, 0.5) is 0 Å². The van der Waals surface area contributed by atoms with E-state index in [4.69, 9.17) is 4.74 Å². The topological polar surface area (TPSA) is 29.5 Å². The molecule has 0 unspecified atom stereocenters. The van der Waals surface area contributed by atoms with Crippen LogP contribution in [0.1, 0.15) is 40.0 Å². The van der Waals surface area contributed by atoms with Gasteiger partial charge in [0.1, 0.15) is 6.10 Å². The predicted octanol–water partition coefficient (Wildman–Crippen LogP) is 2.06. The Kier molecular flexibility index (Phi) is 3.24. The molecule has 2 fully saturated rings. The lowest BCUT2D eigenvalue weighted by molar-refractivity contribution is -0.140. The zero-order valence-electron chi connectivity index (χ0n) is 10.7. The zero-order valence-corrected chi connectivity index (χ0v) is 10.7. The predicted molar refractivity (Wildman–Crippen MR) is 63.1 cm³/mol. The Morgan fingerprint density at radius 3 is 2.75 bits per heavy atom. The summed E-state index contributed by atoms with van der Waals surface area (Å²) >= 11 is 0. The molecule has 2 saturated heterocycles. The lowest BCUT2D eigenvalue weighted by Gasteiger charge is -2.29. The summed E-state index contributed by atoms with van der Waals surface area (Å²) in [5, 5.41) is 0. The largest absolute Gasteiger partial charge is 0.368 e. The van der Waals surface area contributed by atoms with Gasteiger partial charge in [0.25, 0.3) is 5.91 Å². The van der Waals surface area contributed by atoms with Crippen molar-refractivity contribution >= 4 is 5.91 Å². The standard InChI is InChI=1S/C13H23NO2/c1-10(2)13(3)6-7-14(9-13)12(15)11-5-4-8-16-11/h10-11H,4-9H2,1-3H3/t11-,13-/m0/s1. The lowest BCUT2D eigenvalue weighted by atomic mass is 9.78. The number of likely N-dealkylation sites (tertiary alicyclic amines) is 1. The van der Waals surface area contributed by atoms with Crippen LogP contribution >= 0.6 is 0 Å². The van der Waals surface area contributed by atoms with E-state index in [-0.39, 0.29) is 12.0 Å². The van der Waals surface area contributed by atoms with Gasteiger partial charge < -0.3 is 9.64 Å². The second-order valence-electron chi connectivity index (χ2n) is 5.82. The molecule has 0 aromatic carbocycles. The third kappa shape index (κ3) is 2.10. The molecule has 2 rings (SSSR count). The number of nitrogens with zero attached hydrogens (tertiary/aromatic N) is 1. The van der Waals surface area contributed by atoms with Crippen LogP contribution in [0.5, 0.6) is 0 Å². The highest BCUT2D eigenvalue weighted by Crippen LogP contribution is 2.37. The summed E-state index contributed by atoms with van der Waals surface area (Å²) in [5.41, 5.74) is 0.300. The molecule has 2 aliphatic rings. The Morgan fingerprint density at radius 2 is 2.25 bits per heavy atom. The van der Waals surface area contributed by atoms with E-state index in [1.807, 2.05) is 4.90 Å². The average Bonchev–Trinajstić information content (AvgIpc) is 2.85. The van der Waals surface area contributed by atoms with Crippen LogP contribution < -0.4 is 0 Å². The number of carbonyl (C=O) groups is 1. The first-order valence-corrected chi connectivity index (χ1v) is 6.43. The van der Waals surface area contributed by atoms with Crippen molar-refractivity contribution in [3.8, 4) is 0 Å². The molecule has 3 nitrogen and oxygen atoms in total. The maximum absolute atomic E-state index is 12.2. The Balaban J connectivity index is 1.95. The molecule has 16 heavy (non-hydrogen) atoms. The van der Waals surface area contributed by atoms with Crippen molar-refractivity contribution in [2.24, 2.45) is 11.3 Å². The van der Waals surface area contributed by atoms with Crippen LogP contribution in [0.25, 0.3) is 0 Å². The number of hydrogen-bond acceptors (Lipinski definition) is 2. The highest BCUT2D eigenvalue weighted by atomic mass is 16.5. The minimum atomic E-state index is -0.144. The van der Waals surface area contributed by atoms with Gasteiger partial charge in [-0.05, 0) is 30.6 Å². The Hall–Kier alpha value is -0.570. The smallest absolute Gasteiger partial charge is 0.251 e. The molecular formula is C13H23NO2. The first-order chi connectivity index (χ1) is 7.53. The van der Waals surface area contributed by atoms with Gasteiger partial charge in [0, 0.05) is 19.7 Å². The van der Waals surface area contributed by atoms with Crippen molar-refractivity contribution in [3.63, 3.8) is 0 Å². The van der Waals surface area contributed by atoms with Crippen molar-refractivity contribution in [3.05, 3.63) is 0 Å². The van der Waals surface area contributed by atoms with Crippen molar-refractivity contribution in [2.45, 2.75) is 46.1 Å². The van der Waals surface area contributed by atoms with E-state index in [2.05, 4.69) is 20.8 Å². The fraction of sp³-hybridized carbons (Fsp3) is 0.923. The van der Waals surface area contributed by atoms with Gasteiger partial charge in [-0.2, -0.15) is 0 Å². The monoisotopic (exact) mass is 225 g/mol. The molecule has 2 atom stereocenters. The van der Waals surface area contributed by atoms with Gasteiger partial charge >= 0.3 is 0 Å². The maximum atomic E-state index is 12.2. The molecule has 0 spiro atoms. The molecule has 0 N–H and O–H groups in total. The molecule has 0 aromatic heterocycles. The minimum absolute atomic E-state index is 0.144. The number of carbonyl (C=O) groups excluding carboxylic acids is 1. The first kappa shape index (κ1) is 11.9. The third-order valence-corrected chi connectivity index (χ3v) is 4.42. The SMILES string of the molecule is CC(C)[C@@]1(C)CCN(C(=O)[C@@H]2CCCO2)C1.